The molecule has 3 saturated heterocycles. The third kappa shape index (κ3) is 16.9. The summed E-state index contributed by atoms with van der Waals surface area (Å²) in [5.74, 6) is -5.20. The molecule has 0 unspecified atom stereocenters. The van der Waals surface area contributed by atoms with Gasteiger partial charge in [0.2, 0.25) is 23.6 Å². The smallest absolute Gasteiger partial charge is 0.410 e. The fourth-order valence-corrected chi connectivity index (χ4v) is 11.3. The Hall–Kier alpha value is -8.11. The average molecular weight is 1230 g/mol. The number of hydrogen-bond donors (Lipinski definition) is 3. The van der Waals surface area contributed by atoms with Crippen LogP contribution in [0, 0.1) is 40.0 Å². The fraction of sp³-hybridized carbons (Fsp3) is 0.523. The Morgan fingerprint density at radius 3 is 1.40 bits per heavy atom. The number of urea groups is 1. The zero-order valence-corrected chi connectivity index (χ0v) is 52.6. The lowest BCUT2D eigenvalue weighted by Gasteiger charge is -2.38. The molecular formula is C65H86F4N8O11. The summed E-state index contributed by atoms with van der Waals surface area (Å²) in [6, 6.07) is 19.6. The SMILES string of the molecule is CC.CNC(=O)N1C[C@H](Oc2ccc(F)c(F)c2)[C@@H]2[C@H]1CCN2C(=O)[C@@H](NC(=O)[C@H](C)N(C)C(=O)OCc1ccccc1)C(C)(C)C.C[C@@H](C(=O)N[C@H](C(=O)N1CC[C@H]2CC[C@H](Oc3ccc(F)c(F)c3)[C@H]21)C(C)(C)C)N(C)C(=O)OCc1ccccc1. The number of likely N-dealkylation sites (tertiary alicyclic amines) is 3. The Balaban J connectivity index is 0.000000274. The maximum atomic E-state index is 14.2. The van der Waals surface area contributed by atoms with Crippen molar-refractivity contribution in [3.63, 3.8) is 0 Å². The van der Waals surface area contributed by atoms with E-state index in [1.165, 1.54) is 38.2 Å². The van der Waals surface area contributed by atoms with Gasteiger partial charge in [0.25, 0.3) is 0 Å². The molecule has 10 atom stereocenters. The Kier molecular flexibility index (Phi) is 23.7. The number of carbonyl (C=O) groups is 7. The zero-order valence-electron chi connectivity index (χ0n) is 52.6. The van der Waals surface area contributed by atoms with Gasteiger partial charge in [-0.2, -0.15) is 0 Å². The lowest BCUT2D eigenvalue weighted by atomic mass is 9.85. The van der Waals surface area contributed by atoms with E-state index in [0.717, 1.165) is 53.1 Å². The summed E-state index contributed by atoms with van der Waals surface area (Å²) in [4.78, 5) is 100. The maximum Gasteiger partial charge on any atom is 0.410 e. The van der Waals surface area contributed by atoms with Crippen LogP contribution in [0.1, 0.15) is 106 Å². The van der Waals surface area contributed by atoms with Gasteiger partial charge in [0.05, 0.1) is 24.7 Å². The minimum absolute atomic E-state index is 0.0415. The number of carbonyl (C=O) groups excluding carboxylic acids is 7. The van der Waals surface area contributed by atoms with E-state index in [4.69, 9.17) is 18.9 Å². The normalized spacial score (nSPS) is 20.6. The van der Waals surface area contributed by atoms with Crippen LogP contribution in [-0.4, -0.2) is 162 Å². The Morgan fingerprint density at radius 2 is 0.977 bits per heavy atom. The van der Waals surface area contributed by atoms with Crippen molar-refractivity contribution in [2.75, 3.05) is 40.8 Å². The topological polar surface area (TPSA) is 209 Å². The number of nitrogens with zero attached hydrogens (tertiary/aromatic N) is 5. The molecule has 8 rings (SSSR count). The van der Waals surface area contributed by atoms with Crippen LogP contribution in [0.5, 0.6) is 11.5 Å². The second-order valence-electron chi connectivity index (χ2n) is 24.5. The van der Waals surface area contributed by atoms with Crippen molar-refractivity contribution in [3.05, 3.63) is 131 Å². The number of benzene rings is 4. The van der Waals surface area contributed by atoms with Crippen LogP contribution in [0.2, 0.25) is 0 Å². The van der Waals surface area contributed by atoms with Gasteiger partial charge in [-0.05, 0) is 91.7 Å². The highest BCUT2D eigenvalue weighted by molar-refractivity contribution is 5.93. The number of halogens is 4. The Labute approximate surface area is 513 Å². The number of hydrogen-bond acceptors (Lipinski definition) is 11. The van der Waals surface area contributed by atoms with Crippen LogP contribution >= 0.6 is 0 Å². The zero-order chi connectivity index (χ0) is 64.9. The van der Waals surface area contributed by atoms with Gasteiger partial charge in [0.1, 0.15) is 61.1 Å². The molecule has 4 aromatic rings. The first kappa shape index (κ1) is 69.0. The molecule has 8 amide bonds. The highest BCUT2D eigenvalue weighted by Gasteiger charge is 2.55. The summed E-state index contributed by atoms with van der Waals surface area (Å²) in [7, 11) is 4.43. The molecule has 23 heteroatoms. The Morgan fingerprint density at radius 1 is 0.557 bits per heavy atom. The third-order valence-electron chi connectivity index (χ3n) is 16.5. The van der Waals surface area contributed by atoms with Gasteiger partial charge in [0, 0.05) is 46.4 Å². The first-order valence-electron chi connectivity index (χ1n) is 29.9. The number of ether oxygens (including phenoxy) is 4. The van der Waals surface area contributed by atoms with Crippen molar-refractivity contribution >= 4 is 41.8 Å². The standard InChI is InChI=1S/C32H41F2N5O6.C31H39F2N3O5.C2H6/c1-19(37(6)31(43)44-18-20-10-8-7-9-11-20)28(40)36-27(32(2,3)4)29(41)38-15-14-24-26(38)25(17-39(24)30(42)35-5)45-21-12-13-22(33)23(34)16-21;1-19(35(5)30(39)40-18-20-9-7-6-8-10-20)28(37)34-27(31(2,3)4)29(38)36-16-15-21-11-14-25(26(21)36)41-22-12-13-23(32)24(33)17-22;1-2/h7-13,16,19,24-27H,14-15,17-18H2,1-6H3,(H,35,42)(H,36,40);6-10,12-13,17,19,21,25-27H,11,14-16,18H2,1-5H3,(H,34,37);1-2H3/t19-,24+,25-,26-,27+;19-,21+,25-,26-,27+;/m00./s1. The largest absolute Gasteiger partial charge is 0.488 e. The van der Waals surface area contributed by atoms with E-state index in [1.54, 1.807) is 28.5 Å². The molecule has 480 valence electrons. The molecule has 88 heavy (non-hydrogen) atoms. The first-order valence-corrected chi connectivity index (χ1v) is 29.9. The molecule has 0 aromatic heterocycles. The van der Waals surface area contributed by atoms with Crippen LogP contribution in [0.4, 0.5) is 31.9 Å². The quantitative estimate of drug-likeness (QED) is 0.0900. The van der Waals surface area contributed by atoms with Gasteiger partial charge in [-0.3, -0.25) is 29.0 Å². The van der Waals surface area contributed by atoms with Gasteiger partial charge in [-0.25, -0.2) is 31.9 Å². The molecule has 4 aromatic carbocycles. The predicted molar refractivity (Wildman–Crippen MR) is 321 cm³/mol. The predicted octanol–water partition coefficient (Wildman–Crippen LogP) is 9.46. The van der Waals surface area contributed by atoms with E-state index in [0.29, 0.717) is 19.4 Å². The minimum Gasteiger partial charge on any atom is -0.488 e. The third-order valence-corrected chi connectivity index (χ3v) is 16.5. The van der Waals surface area contributed by atoms with Gasteiger partial charge in [0.15, 0.2) is 23.3 Å². The first-order chi connectivity index (χ1) is 41.6. The van der Waals surface area contributed by atoms with E-state index < -0.39 is 100 Å². The second kappa shape index (κ2) is 30.2. The maximum absolute atomic E-state index is 14.2. The lowest BCUT2D eigenvalue weighted by Crippen LogP contribution is -2.60. The highest BCUT2D eigenvalue weighted by atomic mass is 19.2. The molecule has 19 nitrogen and oxygen atoms in total. The van der Waals surface area contributed by atoms with Crippen molar-refractivity contribution in [1.29, 1.82) is 0 Å². The lowest BCUT2D eigenvalue weighted by molar-refractivity contribution is -0.142. The summed E-state index contributed by atoms with van der Waals surface area (Å²) in [5.41, 5.74) is 0.248. The van der Waals surface area contributed by atoms with E-state index in [2.05, 4.69) is 16.0 Å². The molecule has 0 bridgehead atoms. The van der Waals surface area contributed by atoms with Crippen molar-refractivity contribution < 1.29 is 70.1 Å². The monoisotopic (exact) mass is 1230 g/mol. The molecule has 1 aliphatic carbocycles. The van der Waals surface area contributed by atoms with E-state index in [9.17, 15) is 51.1 Å². The number of rotatable bonds is 16. The summed E-state index contributed by atoms with van der Waals surface area (Å²) in [6.07, 6.45) is 0.311. The molecule has 3 N–H and O–H groups in total. The molecule has 1 saturated carbocycles. The molecule has 3 aliphatic heterocycles. The summed E-state index contributed by atoms with van der Waals surface area (Å²) in [5, 5.41) is 8.34. The van der Waals surface area contributed by atoms with Crippen LogP contribution in [-0.2, 0) is 41.9 Å². The average Bonchev–Trinajstić information content (AvgIpc) is 1.64. The van der Waals surface area contributed by atoms with Crippen LogP contribution < -0.4 is 25.4 Å². The van der Waals surface area contributed by atoms with Gasteiger partial charge in [-0.1, -0.05) is 116 Å². The van der Waals surface area contributed by atoms with Gasteiger partial charge < -0.3 is 49.6 Å². The summed E-state index contributed by atoms with van der Waals surface area (Å²) < 4.78 is 77.6. The second-order valence-corrected chi connectivity index (χ2v) is 24.5. The van der Waals surface area contributed by atoms with Crippen molar-refractivity contribution in [3.8, 4) is 11.5 Å². The van der Waals surface area contributed by atoms with Crippen LogP contribution in [0.25, 0.3) is 0 Å². The fourth-order valence-electron chi connectivity index (χ4n) is 11.3. The van der Waals surface area contributed by atoms with E-state index >= 15 is 0 Å². The van der Waals surface area contributed by atoms with Crippen molar-refractivity contribution in [2.24, 2.45) is 16.7 Å². The van der Waals surface area contributed by atoms with Crippen LogP contribution in [0.3, 0.4) is 0 Å². The van der Waals surface area contributed by atoms with Gasteiger partial charge in [-0.15, -0.1) is 0 Å². The number of amides is 8. The van der Waals surface area contributed by atoms with E-state index in [1.807, 2.05) is 116 Å². The molecule has 4 aliphatic rings. The van der Waals surface area contributed by atoms with E-state index in [-0.39, 0.29) is 73.7 Å². The van der Waals surface area contributed by atoms with Crippen molar-refractivity contribution in [2.45, 2.75) is 163 Å². The molecule has 0 radical (unpaired) electrons. The highest BCUT2D eigenvalue weighted by Crippen LogP contribution is 2.42. The number of likely N-dealkylation sites (N-methyl/N-ethyl adjacent to an activating group) is 2. The molecule has 4 fully saturated rings. The van der Waals surface area contributed by atoms with Gasteiger partial charge >= 0.3 is 18.2 Å². The molecule has 0 spiro atoms. The molecule has 3 heterocycles. The van der Waals surface area contributed by atoms with Crippen LogP contribution in [0.15, 0.2) is 97.1 Å². The van der Waals surface area contributed by atoms with Crippen molar-refractivity contribution in [1.82, 2.24) is 40.4 Å². The number of nitrogens with one attached hydrogen (secondary N) is 3. The number of fused-ring (bicyclic) bond motifs is 2. The minimum atomic E-state index is -1.08. The summed E-state index contributed by atoms with van der Waals surface area (Å²) >= 11 is 0. The Bertz CT molecular complexity index is 3060. The summed E-state index contributed by atoms with van der Waals surface area (Å²) in [6.45, 7) is 19.2. The molecular weight excluding hydrogens is 1140 g/mol.